The van der Waals surface area contributed by atoms with Crippen LogP contribution in [-0.2, 0) is 11.8 Å². The number of nitrogens with one attached hydrogen (secondary N) is 2. The molecule has 0 bridgehead atoms. The zero-order chi connectivity index (χ0) is 23.4. The van der Waals surface area contributed by atoms with Gasteiger partial charge in [-0.1, -0.05) is 58.2 Å². The number of nitrogens with zero attached hydrogens (tertiary/aromatic N) is 3. The summed E-state index contributed by atoms with van der Waals surface area (Å²) in [7, 11) is 1.76. The maximum absolute atomic E-state index is 12.5. The van der Waals surface area contributed by atoms with Crippen molar-refractivity contribution in [1.82, 2.24) is 20.1 Å². The van der Waals surface area contributed by atoms with Crippen molar-refractivity contribution in [1.29, 1.82) is 0 Å². The summed E-state index contributed by atoms with van der Waals surface area (Å²) in [6.07, 6.45) is 0. The van der Waals surface area contributed by atoms with E-state index in [1.54, 1.807) is 48.9 Å². The Morgan fingerprint density at radius 1 is 1.03 bits per heavy atom. The van der Waals surface area contributed by atoms with Crippen LogP contribution in [0.2, 0.25) is 20.1 Å². The van der Waals surface area contributed by atoms with Gasteiger partial charge in [0.2, 0.25) is 5.91 Å². The second-order valence-electron chi connectivity index (χ2n) is 6.68. The molecule has 2 aromatic carbocycles. The van der Waals surface area contributed by atoms with Gasteiger partial charge in [-0.05, 0) is 43.3 Å². The molecule has 168 valence electrons. The molecule has 0 spiro atoms. The van der Waals surface area contributed by atoms with Gasteiger partial charge in [-0.25, -0.2) is 0 Å². The minimum atomic E-state index is -0.453. The van der Waals surface area contributed by atoms with Crippen LogP contribution in [0.5, 0.6) is 0 Å². The Labute approximate surface area is 208 Å². The standard InChI is InChI=1S/C20H17Cl4N5O2S/c1-10(25-19(31)13-5-3-11(21)7-15(13)23)18-27-28-20(29(18)2)32-9-17(30)26-12-4-6-14(22)16(24)8-12/h3-8,10H,9H2,1-2H3,(H,25,31)(H,26,30)/t10-/m0/s1. The third-order valence-electron chi connectivity index (χ3n) is 4.31. The first-order valence-electron chi connectivity index (χ1n) is 9.18. The minimum Gasteiger partial charge on any atom is -0.342 e. The third kappa shape index (κ3) is 6.08. The summed E-state index contributed by atoms with van der Waals surface area (Å²) < 4.78 is 1.71. The number of halogens is 4. The van der Waals surface area contributed by atoms with E-state index >= 15 is 0 Å². The van der Waals surface area contributed by atoms with Crippen LogP contribution >= 0.6 is 58.2 Å². The summed E-state index contributed by atoms with van der Waals surface area (Å²) in [6.45, 7) is 1.77. The number of aromatic nitrogens is 3. The van der Waals surface area contributed by atoms with Crippen molar-refractivity contribution < 1.29 is 9.59 Å². The van der Waals surface area contributed by atoms with Crippen molar-refractivity contribution in [2.75, 3.05) is 11.1 Å². The molecule has 0 fully saturated rings. The number of benzene rings is 2. The van der Waals surface area contributed by atoms with E-state index in [1.165, 1.54) is 17.8 Å². The van der Waals surface area contributed by atoms with E-state index < -0.39 is 6.04 Å². The second-order valence-corrected chi connectivity index (χ2v) is 9.29. The van der Waals surface area contributed by atoms with Gasteiger partial charge in [0.25, 0.3) is 5.91 Å². The van der Waals surface area contributed by atoms with Gasteiger partial charge < -0.3 is 15.2 Å². The quantitative estimate of drug-likeness (QED) is 0.384. The fourth-order valence-electron chi connectivity index (χ4n) is 2.74. The van der Waals surface area contributed by atoms with Crippen LogP contribution in [0.3, 0.4) is 0 Å². The van der Waals surface area contributed by atoms with Gasteiger partial charge in [-0.15, -0.1) is 10.2 Å². The molecule has 12 heteroatoms. The Morgan fingerprint density at radius 3 is 2.47 bits per heavy atom. The first-order valence-corrected chi connectivity index (χ1v) is 11.7. The van der Waals surface area contributed by atoms with Crippen LogP contribution in [0.15, 0.2) is 41.6 Å². The van der Waals surface area contributed by atoms with Crippen molar-refractivity contribution >= 4 is 75.7 Å². The summed E-state index contributed by atoms with van der Waals surface area (Å²) in [4.78, 5) is 24.8. The van der Waals surface area contributed by atoms with Crippen molar-refractivity contribution in [3.8, 4) is 0 Å². The fourth-order valence-corrected chi connectivity index (χ4v) is 4.25. The van der Waals surface area contributed by atoms with Gasteiger partial charge >= 0.3 is 0 Å². The smallest absolute Gasteiger partial charge is 0.253 e. The maximum atomic E-state index is 12.5. The molecule has 0 aliphatic rings. The molecule has 3 aromatic rings. The zero-order valence-electron chi connectivity index (χ0n) is 16.8. The average Bonchev–Trinajstić information content (AvgIpc) is 3.09. The average molecular weight is 533 g/mol. The summed E-state index contributed by atoms with van der Waals surface area (Å²) in [5, 5.41) is 15.8. The van der Waals surface area contributed by atoms with Crippen molar-refractivity contribution in [3.05, 3.63) is 67.9 Å². The van der Waals surface area contributed by atoms with Crippen molar-refractivity contribution in [3.63, 3.8) is 0 Å². The van der Waals surface area contributed by atoms with Gasteiger partial charge in [0.15, 0.2) is 11.0 Å². The molecular weight excluding hydrogens is 516 g/mol. The summed E-state index contributed by atoms with van der Waals surface area (Å²) >= 11 is 25.0. The van der Waals surface area contributed by atoms with Gasteiger partial charge in [0.05, 0.1) is 32.4 Å². The molecule has 0 aliphatic heterocycles. The van der Waals surface area contributed by atoms with E-state index in [1.807, 2.05) is 0 Å². The Bertz CT molecular complexity index is 1170. The van der Waals surface area contributed by atoms with E-state index in [2.05, 4.69) is 20.8 Å². The Balaban J connectivity index is 1.59. The van der Waals surface area contributed by atoms with E-state index in [4.69, 9.17) is 46.4 Å². The number of carbonyl (C=O) groups excluding carboxylic acids is 2. The van der Waals surface area contributed by atoms with Gasteiger partial charge in [0, 0.05) is 17.8 Å². The van der Waals surface area contributed by atoms with Crippen LogP contribution in [0.25, 0.3) is 0 Å². The Hall–Kier alpha value is -1.97. The molecule has 1 atom stereocenters. The lowest BCUT2D eigenvalue weighted by Gasteiger charge is -2.14. The molecular formula is C20H17Cl4N5O2S. The molecule has 2 N–H and O–H groups in total. The molecule has 0 saturated heterocycles. The van der Waals surface area contributed by atoms with Gasteiger partial charge in [-0.3, -0.25) is 9.59 Å². The number of rotatable bonds is 7. The highest BCUT2D eigenvalue weighted by Crippen LogP contribution is 2.26. The predicted octanol–water partition coefficient (Wildman–Crippen LogP) is 5.65. The number of amides is 2. The summed E-state index contributed by atoms with van der Waals surface area (Å²) in [6, 6.07) is 9.03. The van der Waals surface area contributed by atoms with Crippen LogP contribution in [0.1, 0.15) is 29.1 Å². The lowest BCUT2D eigenvalue weighted by Crippen LogP contribution is -2.28. The van der Waals surface area contributed by atoms with E-state index in [-0.39, 0.29) is 22.6 Å². The number of thioether (sulfide) groups is 1. The van der Waals surface area contributed by atoms with E-state index in [9.17, 15) is 9.59 Å². The zero-order valence-corrected chi connectivity index (χ0v) is 20.7. The topological polar surface area (TPSA) is 88.9 Å². The molecule has 32 heavy (non-hydrogen) atoms. The lowest BCUT2D eigenvalue weighted by atomic mass is 10.2. The monoisotopic (exact) mass is 531 g/mol. The molecule has 2 amide bonds. The largest absolute Gasteiger partial charge is 0.342 e. The summed E-state index contributed by atoms with van der Waals surface area (Å²) in [5.41, 5.74) is 0.847. The van der Waals surface area contributed by atoms with Crippen LogP contribution in [-0.4, -0.2) is 32.3 Å². The summed E-state index contributed by atoms with van der Waals surface area (Å²) in [5.74, 6) is 0.0257. The van der Waals surface area contributed by atoms with Gasteiger partial charge in [-0.2, -0.15) is 0 Å². The number of hydrogen-bond acceptors (Lipinski definition) is 5. The Morgan fingerprint density at radius 2 is 1.78 bits per heavy atom. The first-order chi connectivity index (χ1) is 15.2. The van der Waals surface area contributed by atoms with Crippen LogP contribution in [0, 0.1) is 0 Å². The van der Waals surface area contributed by atoms with E-state index in [0.717, 1.165) is 0 Å². The third-order valence-corrected chi connectivity index (χ3v) is 6.62. The highest BCUT2D eigenvalue weighted by molar-refractivity contribution is 7.99. The fraction of sp³-hybridized carbons (Fsp3) is 0.200. The van der Waals surface area contributed by atoms with Crippen LogP contribution < -0.4 is 10.6 Å². The molecule has 0 unspecified atom stereocenters. The van der Waals surface area contributed by atoms with Gasteiger partial charge in [0.1, 0.15) is 0 Å². The predicted molar refractivity (Wildman–Crippen MR) is 129 cm³/mol. The first kappa shape index (κ1) is 24.7. The second kappa shape index (κ2) is 10.8. The molecule has 1 aromatic heterocycles. The molecule has 0 aliphatic carbocycles. The number of carbonyl (C=O) groups is 2. The molecule has 7 nitrogen and oxygen atoms in total. The van der Waals surface area contributed by atoms with Crippen molar-refractivity contribution in [2.45, 2.75) is 18.1 Å². The maximum Gasteiger partial charge on any atom is 0.253 e. The molecule has 3 rings (SSSR count). The highest BCUT2D eigenvalue weighted by atomic mass is 35.5. The van der Waals surface area contributed by atoms with Crippen LogP contribution in [0.4, 0.5) is 5.69 Å². The number of anilines is 1. The molecule has 1 heterocycles. The SMILES string of the molecule is C[C@H](NC(=O)c1ccc(Cl)cc1Cl)c1nnc(SCC(=O)Nc2ccc(Cl)c(Cl)c2)n1C. The lowest BCUT2D eigenvalue weighted by molar-refractivity contribution is -0.113. The highest BCUT2D eigenvalue weighted by Gasteiger charge is 2.20. The molecule has 0 saturated carbocycles. The van der Waals surface area contributed by atoms with E-state index in [0.29, 0.717) is 37.3 Å². The minimum absolute atomic E-state index is 0.105. The number of hydrogen-bond donors (Lipinski definition) is 2. The normalized spacial score (nSPS) is 11.8. The van der Waals surface area contributed by atoms with Crippen molar-refractivity contribution in [2.24, 2.45) is 7.05 Å². The molecule has 0 radical (unpaired) electrons. The Kier molecular flexibility index (Phi) is 8.30.